The van der Waals surface area contributed by atoms with E-state index in [-0.39, 0.29) is 0 Å². The minimum atomic E-state index is -0.650. The molecule has 0 aromatic heterocycles. The molecule has 0 aliphatic heterocycles. The van der Waals surface area contributed by atoms with E-state index >= 15 is 0 Å². The molecule has 0 N–H and O–H groups in total. The highest BCUT2D eigenvalue weighted by molar-refractivity contribution is 5.95. The van der Waals surface area contributed by atoms with Gasteiger partial charge in [0.1, 0.15) is 0 Å². The molecule has 0 atom stereocenters. The number of carbonyl (C=O) groups excluding carboxylic acids is 1. The van der Waals surface area contributed by atoms with Gasteiger partial charge in [-0.2, -0.15) is 0 Å². The van der Waals surface area contributed by atoms with Crippen LogP contribution in [0.2, 0.25) is 0 Å². The first-order chi connectivity index (χ1) is 8.01. The van der Waals surface area contributed by atoms with Crippen LogP contribution in [0.4, 0.5) is 0 Å². The highest BCUT2D eigenvalue weighted by atomic mass is 16.5. The molecule has 0 aliphatic carbocycles. The van der Waals surface area contributed by atoms with E-state index in [4.69, 9.17) is 11.2 Å². The number of esters is 1. The molecule has 0 radical (unpaired) electrons. The third kappa shape index (κ3) is 3.22. The molecule has 0 spiro atoms. The molecule has 0 heterocycles. The lowest BCUT2D eigenvalue weighted by Crippen LogP contribution is -2.20. The van der Waals surface area contributed by atoms with E-state index in [1.807, 2.05) is 44.2 Å². The molecular weight excluding hydrogens is 212 g/mol. The first-order valence-corrected chi connectivity index (χ1v) is 5.34. The second-order valence-electron chi connectivity index (χ2n) is 4.23. The predicted octanol–water partition coefficient (Wildman–Crippen LogP) is 2.90. The number of benzene rings is 1. The molecule has 0 fully saturated rings. The molecule has 0 aliphatic rings. The third-order valence-electron chi connectivity index (χ3n) is 2.55. The minimum Gasteiger partial charge on any atom is -0.466 e. The maximum Gasteiger partial charge on any atom is 0.335 e. The number of ether oxygens (including phenoxy) is 1. The van der Waals surface area contributed by atoms with Crippen LogP contribution < -0.4 is 0 Å². The van der Waals surface area contributed by atoms with Gasteiger partial charge in [-0.3, -0.25) is 0 Å². The van der Waals surface area contributed by atoms with Gasteiger partial charge in [0, 0.05) is 0 Å². The van der Waals surface area contributed by atoms with Crippen molar-refractivity contribution in [2.75, 3.05) is 7.11 Å². The van der Waals surface area contributed by atoms with E-state index in [0.29, 0.717) is 5.57 Å². The lowest BCUT2D eigenvalue weighted by molar-refractivity contribution is -0.136. The van der Waals surface area contributed by atoms with Gasteiger partial charge in [-0.1, -0.05) is 36.3 Å². The Morgan fingerprint density at radius 1 is 1.35 bits per heavy atom. The van der Waals surface area contributed by atoms with Crippen LogP contribution >= 0.6 is 0 Å². The number of terminal acetylenes is 1. The molecule has 0 amide bonds. The third-order valence-corrected chi connectivity index (χ3v) is 2.55. The quantitative estimate of drug-likeness (QED) is 0.451. The maximum absolute atomic E-state index is 11.7. The Labute approximate surface area is 102 Å². The first kappa shape index (κ1) is 13.1. The first-order valence-electron chi connectivity index (χ1n) is 5.34. The second-order valence-corrected chi connectivity index (χ2v) is 4.23. The van der Waals surface area contributed by atoms with Gasteiger partial charge in [0.15, 0.2) is 0 Å². The predicted molar refractivity (Wildman–Crippen MR) is 69.0 cm³/mol. The molecule has 1 rings (SSSR count). The van der Waals surface area contributed by atoms with Gasteiger partial charge in [-0.25, -0.2) is 4.79 Å². The maximum atomic E-state index is 11.7. The van der Waals surface area contributed by atoms with E-state index in [2.05, 4.69) is 5.92 Å². The molecule has 17 heavy (non-hydrogen) atoms. The minimum absolute atomic E-state index is 0.392. The zero-order chi connectivity index (χ0) is 12.9. The molecule has 0 unspecified atom stereocenters. The molecule has 1 aromatic rings. The molecule has 0 bridgehead atoms. The Bertz CT molecular complexity index is 461. The summed E-state index contributed by atoms with van der Waals surface area (Å²) in [5.41, 5.74) is 0.757. The summed E-state index contributed by atoms with van der Waals surface area (Å²) in [6, 6.07) is 9.56. The van der Waals surface area contributed by atoms with E-state index in [0.717, 1.165) is 5.56 Å². The SMILES string of the molecule is C#CC(C)(C)C(=Cc1ccccc1)C(=O)OC. The van der Waals surface area contributed by atoms with E-state index in [1.165, 1.54) is 7.11 Å². The van der Waals surface area contributed by atoms with Crippen LogP contribution in [0.15, 0.2) is 35.9 Å². The van der Waals surface area contributed by atoms with Gasteiger partial charge >= 0.3 is 5.97 Å². The van der Waals surface area contributed by atoms with E-state index in [1.54, 1.807) is 6.08 Å². The Morgan fingerprint density at radius 3 is 2.41 bits per heavy atom. The number of methoxy groups -OCH3 is 1. The van der Waals surface area contributed by atoms with Gasteiger partial charge in [0.2, 0.25) is 0 Å². The Hall–Kier alpha value is -2.01. The summed E-state index contributed by atoms with van der Waals surface area (Å²) in [7, 11) is 1.35. The number of hydrogen-bond acceptors (Lipinski definition) is 2. The Balaban J connectivity index is 3.22. The summed E-state index contributed by atoms with van der Waals surface area (Å²) >= 11 is 0. The van der Waals surface area contributed by atoms with Crippen LogP contribution in [-0.2, 0) is 9.53 Å². The van der Waals surface area contributed by atoms with Gasteiger partial charge in [-0.15, -0.1) is 6.42 Å². The average molecular weight is 228 g/mol. The van der Waals surface area contributed by atoms with Crippen molar-refractivity contribution < 1.29 is 9.53 Å². The van der Waals surface area contributed by atoms with Crippen LogP contribution in [0, 0.1) is 17.8 Å². The van der Waals surface area contributed by atoms with Crippen LogP contribution in [0.25, 0.3) is 6.08 Å². The van der Waals surface area contributed by atoms with Crippen LogP contribution in [0.1, 0.15) is 19.4 Å². The van der Waals surface area contributed by atoms with Gasteiger partial charge < -0.3 is 4.74 Å². The summed E-state index contributed by atoms with van der Waals surface area (Å²) in [6.07, 6.45) is 7.22. The van der Waals surface area contributed by atoms with Crippen molar-refractivity contribution in [3.8, 4) is 12.3 Å². The van der Waals surface area contributed by atoms with Crippen molar-refractivity contribution in [1.29, 1.82) is 0 Å². The molecule has 1 aromatic carbocycles. The van der Waals surface area contributed by atoms with Crippen molar-refractivity contribution in [1.82, 2.24) is 0 Å². The summed E-state index contributed by atoms with van der Waals surface area (Å²) in [5, 5.41) is 0. The molecule has 0 saturated carbocycles. The van der Waals surface area contributed by atoms with E-state index in [9.17, 15) is 4.79 Å². The van der Waals surface area contributed by atoms with Gasteiger partial charge in [0.25, 0.3) is 0 Å². The van der Waals surface area contributed by atoms with Crippen LogP contribution in [-0.4, -0.2) is 13.1 Å². The summed E-state index contributed by atoms with van der Waals surface area (Å²) < 4.78 is 4.77. The van der Waals surface area contributed by atoms with Gasteiger partial charge in [0.05, 0.1) is 18.1 Å². The Kier molecular flexibility index (Phi) is 4.12. The molecule has 0 saturated heterocycles. The fourth-order valence-electron chi connectivity index (χ4n) is 1.40. The van der Waals surface area contributed by atoms with Gasteiger partial charge in [-0.05, 0) is 25.5 Å². The van der Waals surface area contributed by atoms with Crippen LogP contribution in [0.3, 0.4) is 0 Å². The zero-order valence-corrected chi connectivity index (χ0v) is 10.4. The van der Waals surface area contributed by atoms with Crippen molar-refractivity contribution >= 4 is 12.0 Å². The highest BCUT2D eigenvalue weighted by Gasteiger charge is 2.27. The summed E-state index contributed by atoms with van der Waals surface area (Å²) in [6.45, 7) is 3.64. The normalized spacial score (nSPS) is 11.8. The standard InChI is InChI=1S/C15H16O2/c1-5-15(2,3)13(14(16)17-4)11-12-9-7-6-8-10-12/h1,6-11H,2-4H3. The monoisotopic (exact) mass is 228 g/mol. The topological polar surface area (TPSA) is 26.3 Å². The summed E-state index contributed by atoms with van der Waals surface area (Å²) in [4.78, 5) is 11.7. The molecular formula is C15H16O2. The van der Waals surface area contributed by atoms with Crippen molar-refractivity contribution in [3.05, 3.63) is 41.5 Å². The van der Waals surface area contributed by atoms with Crippen LogP contribution in [0.5, 0.6) is 0 Å². The lowest BCUT2D eigenvalue weighted by atomic mass is 9.84. The number of rotatable bonds is 3. The smallest absolute Gasteiger partial charge is 0.335 e. The Morgan fingerprint density at radius 2 is 1.94 bits per heavy atom. The van der Waals surface area contributed by atoms with Crippen molar-refractivity contribution in [3.63, 3.8) is 0 Å². The van der Waals surface area contributed by atoms with Crippen molar-refractivity contribution in [2.24, 2.45) is 5.41 Å². The fraction of sp³-hybridized carbons (Fsp3) is 0.267. The summed E-state index contributed by atoms with van der Waals surface area (Å²) in [5.74, 6) is 2.22. The van der Waals surface area contributed by atoms with E-state index < -0.39 is 11.4 Å². The molecule has 2 nitrogen and oxygen atoms in total. The fourth-order valence-corrected chi connectivity index (χ4v) is 1.40. The highest BCUT2D eigenvalue weighted by Crippen LogP contribution is 2.28. The largest absolute Gasteiger partial charge is 0.466 e. The number of hydrogen-bond donors (Lipinski definition) is 0. The second kappa shape index (κ2) is 5.36. The van der Waals surface area contributed by atoms with Crippen molar-refractivity contribution in [2.45, 2.75) is 13.8 Å². The lowest BCUT2D eigenvalue weighted by Gasteiger charge is -2.19. The number of carbonyl (C=O) groups is 1. The molecule has 2 heteroatoms. The molecule has 88 valence electrons. The average Bonchev–Trinajstić information content (AvgIpc) is 2.36. The zero-order valence-electron chi connectivity index (χ0n) is 10.4.